The molecule has 0 fully saturated rings. The molecule has 1 aromatic carbocycles. The van der Waals surface area contributed by atoms with Crippen LogP contribution in [0.25, 0.3) is 0 Å². The first-order valence-corrected chi connectivity index (χ1v) is 3.54. The molecule has 0 radical (unpaired) electrons. The van der Waals surface area contributed by atoms with Gasteiger partial charge in [-0.3, -0.25) is 0 Å². The minimum Gasteiger partial charge on any atom is -0.496 e. The van der Waals surface area contributed by atoms with E-state index in [-0.39, 0.29) is 5.75 Å². The zero-order valence-corrected chi connectivity index (χ0v) is 6.92. The predicted molar refractivity (Wildman–Crippen MR) is 42.5 cm³/mol. The number of methoxy groups -OCH3 is 1. The molecule has 0 aromatic heterocycles. The van der Waals surface area contributed by atoms with Gasteiger partial charge in [-0.05, 0) is 12.1 Å². The van der Waals surface area contributed by atoms with Crippen LogP contribution in [-0.2, 0) is 5.92 Å². The summed E-state index contributed by atoms with van der Waals surface area (Å²) in [6.45, 7) is 0. The number of nitriles is 1. The second kappa shape index (κ2) is 3.40. The summed E-state index contributed by atoms with van der Waals surface area (Å²) in [7, 11) is 1.28. The van der Waals surface area contributed by atoms with Gasteiger partial charge < -0.3 is 4.74 Å². The minimum absolute atomic E-state index is 0.0223. The fourth-order valence-electron chi connectivity index (χ4n) is 0.964. The van der Waals surface area contributed by atoms with Crippen LogP contribution in [0.2, 0.25) is 0 Å². The van der Waals surface area contributed by atoms with Crippen LogP contribution < -0.4 is 4.74 Å². The SMILES string of the molecule is COc1ccccc1C(F)(F)C#N. The quantitative estimate of drug-likeness (QED) is 0.704. The highest BCUT2D eigenvalue weighted by molar-refractivity contribution is 5.39. The molecule has 0 unspecified atom stereocenters. The lowest BCUT2D eigenvalue weighted by Crippen LogP contribution is -2.11. The van der Waals surface area contributed by atoms with E-state index < -0.39 is 11.5 Å². The number of halogens is 2. The van der Waals surface area contributed by atoms with E-state index in [1.807, 2.05) is 0 Å². The fourth-order valence-corrected chi connectivity index (χ4v) is 0.964. The maximum atomic E-state index is 12.9. The molecule has 4 heteroatoms. The Bertz CT molecular complexity index is 344. The van der Waals surface area contributed by atoms with E-state index in [0.717, 1.165) is 6.07 Å². The van der Waals surface area contributed by atoms with Gasteiger partial charge in [-0.2, -0.15) is 14.0 Å². The van der Waals surface area contributed by atoms with Crippen molar-refractivity contribution in [2.75, 3.05) is 7.11 Å². The molecule has 0 aliphatic carbocycles. The van der Waals surface area contributed by atoms with Gasteiger partial charge >= 0.3 is 5.92 Å². The van der Waals surface area contributed by atoms with Crippen LogP contribution in [0.1, 0.15) is 5.56 Å². The van der Waals surface area contributed by atoms with E-state index in [4.69, 9.17) is 10.00 Å². The number of hydrogen-bond acceptors (Lipinski definition) is 2. The smallest absolute Gasteiger partial charge is 0.360 e. The molecule has 0 saturated carbocycles. The summed E-state index contributed by atoms with van der Waals surface area (Å²) in [6.07, 6.45) is 0. The number of para-hydroxylation sites is 1. The van der Waals surface area contributed by atoms with E-state index in [1.54, 1.807) is 6.07 Å². The van der Waals surface area contributed by atoms with E-state index in [0.29, 0.717) is 0 Å². The molecule has 0 saturated heterocycles. The maximum absolute atomic E-state index is 12.9. The van der Waals surface area contributed by atoms with Crippen molar-refractivity contribution in [1.29, 1.82) is 5.26 Å². The number of nitrogens with zero attached hydrogens (tertiary/aromatic N) is 1. The van der Waals surface area contributed by atoms with Crippen molar-refractivity contribution in [3.8, 4) is 11.8 Å². The van der Waals surface area contributed by atoms with Gasteiger partial charge in [0.1, 0.15) is 11.8 Å². The second-order valence-electron chi connectivity index (χ2n) is 2.39. The molecule has 0 aliphatic heterocycles. The highest BCUT2D eigenvalue weighted by Crippen LogP contribution is 2.33. The zero-order valence-electron chi connectivity index (χ0n) is 6.92. The van der Waals surface area contributed by atoms with Crippen LogP contribution >= 0.6 is 0 Å². The molecular weight excluding hydrogens is 176 g/mol. The van der Waals surface area contributed by atoms with E-state index in [1.165, 1.54) is 25.3 Å². The van der Waals surface area contributed by atoms with Crippen molar-refractivity contribution in [2.24, 2.45) is 0 Å². The highest BCUT2D eigenvalue weighted by atomic mass is 19.3. The average Bonchev–Trinajstić information content (AvgIpc) is 2.18. The fraction of sp³-hybridized carbons (Fsp3) is 0.222. The van der Waals surface area contributed by atoms with Crippen molar-refractivity contribution in [1.82, 2.24) is 0 Å². The molecule has 0 bridgehead atoms. The third kappa shape index (κ3) is 1.75. The molecule has 68 valence electrons. The number of alkyl halides is 2. The molecule has 0 amide bonds. The van der Waals surface area contributed by atoms with Crippen molar-refractivity contribution < 1.29 is 13.5 Å². The standard InChI is InChI=1S/C9H7F2NO/c1-13-8-5-3-2-4-7(8)9(10,11)6-12/h2-5H,1H3. The van der Waals surface area contributed by atoms with Gasteiger partial charge in [0, 0.05) is 0 Å². The lowest BCUT2D eigenvalue weighted by Gasteiger charge is -2.11. The zero-order chi connectivity index (χ0) is 9.90. The molecule has 0 N–H and O–H groups in total. The Morgan fingerprint density at radius 3 is 2.54 bits per heavy atom. The van der Waals surface area contributed by atoms with Gasteiger partial charge in [-0.1, -0.05) is 12.1 Å². The van der Waals surface area contributed by atoms with Gasteiger partial charge in [0.15, 0.2) is 0 Å². The van der Waals surface area contributed by atoms with E-state index in [9.17, 15) is 8.78 Å². The van der Waals surface area contributed by atoms with Gasteiger partial charge in [0.2, 0.25) is 0 Å². The van der Waals surface area contributed by atoms with Gasteiger partial charge in [0.05, 0.1) is 12.7 Å². The first-order valence-electron chi connectivity index (χ1n) is 3.54. The number of hydrogen-bond donors (Lipinski definition) is 0. The molecular formula is C9H7F2NO. The summed E-state index contributed by atoms with van der Waals surface area (Å²) in [5, 5.41) is 8.21. The number of rotatable bonds is 2. The minimum atomic E-state index is -3.49. The number of benzene rings is 1. The molecule has 0 spiro atoms. The normalized spacial score (nSPS) is 10.6. The Morgan fingerprint density at radius 1 is 1.38 bits per heavy atom. The van der Waals surface area contributed by atoms with Crippen LogP contribution in [0.3, 0.4) is 0 Å². The van der Waals surface area contributed by atoms with Crippen LogP contribution in [0.4, 0.5) is 8.78 Å². The summed E-state index contributed by atoms with van der Waals surface area (Å²) in [5.41, 5.74) is -0.403. The Morgan fingerprint density at radius 2 is 2.00 bits per heavy atom. The lowest BCUT2D eigenvalue weighted by atomic mass is 10.1. The maximum Gasteiger partial charge on any atom is 0.360 e. The Kier molecular flexibility index (Phi) is 2.47. The topological polar surface area (TPSA) is 33.0 Å². The first-order chi connectivity index (χ1) is 6.11. The van der Waals surface area contributed by atoms with Crippen molar-refractivity contribution in [2.45, 2.75) is 5.92 Å². The van der Waals surface area contributed by atoms with Crippen molar-refractivity contribution in [3.05, 3.63) is 29.8 Å². The average molecular weight is 183 g/mol. The molecule has 0 aliphatic rings. The Labute approximate surface area is 74.4 Å². The van der Waals surface area contributed by atoms with Crippen molar-refractivity contribution >= 4 is 0 Å². The lowest BCUT2D eigenvalue weighted by molar-refractivity contribution is 0.0584. The summed E-state index contributed by atoms with van der Waals surface area (Å²) in [5.74, 6) is -3.47. The monoisotopic (exact) mass is 183 g/mol. The van der Waals surface area contributed by atoms with Crippen LogP contribution in [0.5, 0.6) is 5.75 Å². The van der Waals surface area contributed by atoms with Crippen LogP contribution in [0, 0.1) is 11.3 Å². The first kappa shape index (κ1) is 9.46. The van der Waals surface area contributed by atoms with Gasteiger partial charge in [0.25, 0.3) is 0 Å². The van der Waals surface area contributed by atoms with Gasteiger partial charge in [-0.15, -0.1) is 0 Å². The molecule has 1 rings (SSSR count). The molecule has 0 heterocycles. The Balaban J connectivity index is 3.22. The summed E-state index contributed by atoms with van der Waals surface area (Å²) < 4.78 is 30.5. The van der Waals surface area contributed by atoms with E-state index in [2.05, 4.69) is 0 Å². The molecule has 13 heavy (non-hydrogen) atoms. The third-order valence-corrected chi connectivity index (χ3v) is 1.59. The molecule has 2 nitrogen and oxygen atoms in total. The van der Waals surface area contributed by atoms with Crippen LogP contribution in [0.15, 0.2) is 24.3 Å². The highest BCUT2D eigenvalue weighted by Gasteiger charge is 2.34. The molecule has 1 aromatic rings. The van der Waals surface area contributed by atoms with E-state index >= 15 is 0 Å². The van der Waals surface area contributed by atoms with Gasteiger partial charge in [-0.25, -0.2) is 0 Å². The third-order valence-electron chi connectivity index (χ3n) is 1.59. The molecule has 0 atom stereocenters. The Hall–Kier alpha value is -1.63. The van der Waals surface area contributed by atoms with Crippen LogP contribution in [-0.4, -0.2) is 7.11 Å². The summed E-state index contributed by atoms with van der Waals surface area (Å²) >= 11 is 0. The second-order valence-corrected chi connectivity index (χ2v) is 2.39. The predicted octanol–water partition coefficient (Wildman–Crippen LogP) is 2.31. The largest absolute Gasteiger partial charge is 0.496 e. The summed E-state index contributed by atoms with van der Waals surface area (Å²) in [4.78, 5) is 0. The summed E-state index contributed by atoms with van der Waals surface area (Å²) in [6, 6.07) is 6.48. The van der Waals surface area contributed by atoms with Crippen molar-refractivity contribution in [3.63, 3.8) is 0 Å². The number of ether oxygens (including phenoxy) is 1.